The van der Waals surface area contributed by atoms with Gasteiger partial charge in [-0.15, -0.1) is 0 Å². The summed E-state index contributed by atoms with van der Waals surface area (Å²) in [5, 5.41) is 5.62. The summed E-state index contributed by atoms with van der Waals surface area (Å²) in [6.07, 6.45) is 0.252. The van der Waals surface area contributed by atoms with Crippen LogP contribution in [0.5, 0.6) is 0 Å². The standard InChI is InChI=1S/C18H27BrN2O2/c1-12(2)13-6-8-14(9-7-13)21-15(22)10-11-20-17(23)16(19)18(3,4)5/h6-9,12,16H,10-11H2,1-5H3,(H,20,23)(H,21,22). The van der Waals surface area contributed by atoms with E-state index < -0.39 is 0 Å². The molecule has 1 rings (SSSR count). The fourth-order valence-corrected chi connectivity index (χ4v) is 2.12. The summed E-state index contributed by atoms with van der Waals surface area (Å²) < 4.78 is 0. The minimum Gasteiger partial charge on any atom is -0.355 e. The summed E-state index contributed by atoms with van der Waals surface area (Å²) in [4.78, 5) is 23.6. The first kappa shape index (κ1) is 19.7. The number of amides is 2. The average Bonchev–Trinajstić information content (AvgIpc) is 2.45. The molecule has 0 radical (unpaired) electrons. The van der Waals surface area contributed by atoms with Crippen molar-refractivity contribution < 1.29 is 9.59 Å². The summed E-state index contributed by atoms with van der Waals surface area (Å²) in [5.41, 5.74) is 1.85. The summed E-state index contributed by atoms with van der Waals surface area (Å²) in [6.45, 7) is 10.5. The van der Waals surface area contributed by atoms with Crippen LogP contribution in [0.1, 0.15) is 52.5 Å². The smallest absolute Gasteiger partial charge is 0.234 e. The molecule has 0 aliphatic rings. The number of hydrogen-bond donors (Lipinski definition) is 2. The van der Waals surface area contributed by atoms with Crippen molar-refractivity contribution in [1.29, 1.82) is 0 Å². The van der Waals surface area contributed by atoms with E-state index in [1.807, 2.05) is 45.0 Å². The van der Waals surface area contributed by atoms with Gasteiger partial charge in [-0.25, -0.2) is 0 Å². The van der Waals surface area contributed by atoms with E-state index >= 15 is 0 Å². The zero-order valence-electron chi connectivity index (χ0n) is 14.6. The molecule has 5 heteroatoms. The molecule has 1 atom stereocenters. The van der Waals surface area contributed by atoms with Crippen LogP contribution in [-0.2, 0) is 9.59 Å². The summed E-state index contributed by atoms with van der Waals surface area (Å²) in [6, 6.07) is 7.83. The second-order valence-corrected chi connectivity index (χ2v) is 8.01. The minimum absolute atomic E-state index is 0.0911. The largest absolute Gasteiger partial charge is 0.355 e. The Morgan fingerprint density at radius 3 is 2.17 bits per heavy atom. The predicted octanol–water partition coefficient (Wildman–Crippen LogP) is 4.06. The van der Waals surface area contributed by atoms with Gasteiger partial charge in [-0.05, 0) is 29.0 Å². The highest BCUT2D eigenvalue weighted by molar-refractivity contribution is 9.10. The predicted molar refractivity (Wildman–Crippen MR) is 99.0 cm³/mol. The first-order valence-electron chi connectivity index (χ1n) is 7.93. The van der Waals surface area contributed by atoms with Crippen molar-refractivity contribution in [3.63, 3.8) is 0 Å². The molecule has 0 heterocycles. The van der Waals surface area contributed by atoms with Crippen LogP contribution < -0.4 is 10.6 Å². The first-order valence-corrected chi connectivity index (χ1v) is 8.84. The van der Waals surface area contributed by atoms with Crippen molar-refractivity contribution in [1.82, 2.24) is 5.32 Å². The van der Waals surface area contributed by atoms with Gasteiger partial charge in [0.1, 0.15) is 0 Å². The lowest BCUT2D eigenvalue weighted by molar-refractivity contribution is -0.122. The molecule has 0 aromatic heterocycles. The van der Waals surface area contributed by atoms with Gasteiger partial charge in [-0.1, -0.05) is 62.7 Å². The van der Waals surface area contributed by atoms with Crippen molar-refractivity contribution in [2.45, 2.75) is 51.8 Å². The number of hydrogen-bond acceptors (Lipinski definition) is 2. The van der Waals surface area contributed by atoms with E-state index in [2.05, 4.69) is 40.4 Å². The molecule has 0 aliphatic carbocycles. The van der Waals surface area contributed by atoms with Gasteiger partial charge in [-0.2, -0.15) is 0 Å². The SMILES string of the molecule is CC(C)c1ccc(NC(=O)CCNC(=O)C(Br)C(C)(C)C)cc1. The molecular formula is C18H27BrN2O2. The molecule has 0 saturated heterocycles. The summed E-state index contributed by atoms with van der Waals surface area (Å²) >= 11 is 3.39. The lowest BCUT2D eigenvalue weighted by atomic mass is 9.92. The number of anilines is 1. The molecule has 1 unspecified atom stereocenters. The molecule has 2 N–H and O–H groups in total. The van der Waals surface area contributed by atoms with E-state index in [9.17, 15) is 9.59 Å². The molecule has 0 fully saturated rings. The van der Waals surface area contributed by atoms with Crippen LogP contribution in [0.2, 0.25) is 0 Å². The van der Waals surface area contributed by atoms with Crippen molar-refractivity contribution in [3.05, 3.63) is 29.8 Å². The fourth-order valence-electron chi connectivity index (χ4n) is 1.96. The Hall–Kier alpha value is -1.36. The van der Waals surface area contributed by atoms with Gasteiger partial charge in [-0.3, -0.25) is 9.59 Å². The lowest BCUT2D eigenvalue weighted by Crippen LogP contribution is -2.39. The highest BCUT2D eigenvalue weighted by Crippen LogP contribution is 2.25. The van der Waals surface area contributed by atoms with Gasteiger partial charge in [0.15, 0.2) is 0 Å². The van der Waals surface area contributed by atoms with Crippen LogP contribution in [0.3, 0.4) is 0 Å². The summed E-state index contributed by atoms with van der Waals surface area (Å²) in [7, 11) is 0. The van der Waals surface area contributed by atoms with Gasteiger partial charge >= 0.3 is 0 Å². The van der Waals surface area contributed by atoms with Crippen molar-refractivity contribution >= 4 is 33.4 Å². The Kier molecular flexibility index (Phi) is 7.26. The van der Waals surface area contributed by atoms with Crippen molar-refractivity contribution in [3.8, 4) is 0 Å². The van der Waals surface area contributed by atoms with E-state index in [-0.39, 0.29) is 28.5 Å². The molecule has 0 bridgehead atoms. The maximum Gasteiger partial charge on any atom is 0.234 e. The van der Waals surface area contributed by atoms with Crippen LogP contribution in [-0.4, -0.2) is 23.2 Å². The van der Waals surface area contributed by atoms with Crippen LogP contribution in [0, 0.1) is 5.41 Å². The molecular weight excluding hydrogens is 356 g/mol. The number of carbonyl (C=O) groups excluding carboxylic acids is 2. The van der Waals surface area contributed by atoms with Crippen LogP contribution in [0.25, 0.3) is 0 Å². The van der Waals surface area contributed by atoms with Crippen LogP contribution in [0.4, 0.5) is 5.69 Å². The van der Waals surface area contributed by atoms with E-state index in [1.54, 1.807) is 0 Å². The number of carbonyl (C=O) groups is 2. The maximum absolute atomic E-state index is 11.9. The molecule has 2 amide bonds. The van der Waals surface area contributed by atoms with Crippen molar-refractivity contribution in [2.75, 3.05) is 11.9 Å². The Labute approximate surface area is 147 Å². The van der Waals surface area contributed by atoms with Gasteiger partial charge in [0, 0.05) is 18.7 Å². The molecule has 1 aromatic carbocycles. The van der Waals surface area contributed by atoms with Gasteiger partial charge < -0.3 is 10.6 Å². The Morgan fingerprint density at radius 1 is 1.13 bits per heavy atom. The van der Waals surface area contributed by atoms with Gasteiger partial charge in [0.25, 0.3) is 0 Å². The quantitative estimate of drug-likeness (QED) is 0.728. The number of benzene rings is 1. The molecule has 0 aliphatic heterocycles. The highest BCUT2D eigenvalue weighted by Gasteiger charge is 2.28. The van der Waals surface area contributed by atoms with Crippen LogP contribution in [0.15, 0.2) is 24.3 Å². The number of nitrogens with one attached hydrogen (secondary N) is 2. The number of halogens is 1. The topological polar surface area (TPSA) is 58.2 Å². The lowest BCUT2D eigenvalue weighted by Gasteiger charge is -2.24. The normalized spacial score (nSPS) is 12.8. The second kappa shape index (κ2) is 8.48. The third-order valence-electron chi connectivity index (χ3n) is 3.50. The van der Waals surface area contributed by atoms with Crippen molar-refractivity contribution in [2.24, 2.45) is 5.41 Å². The molecule has 0 saturated carbocycles. The molecule has 0 spiro atoms. The minimum atomic E-state index is -0.276. The van der Waals surface area contributed by atoms with E-state index in [4.69, 9.17) is 0 Å². The molecule has 23 heavy (non-hydrogen) atoms. The molecule has 128 valence electrons. The third kappa shape index (κ3) is 6.73. The average molecular weight is 383 g/mol. The van der Waals surface area contributed by atoms with E-state index in [1.165, 1.54) is 5.56 Å². The number of alkyl halides is 1. The summed E-state index contributed by atoms with van der Waals surface area (Å²) in [5.74, 6) is 0.269. The number of rotatable bonds is 6. The van der Waals surface area contributed by atoms with Gasteiger partial charge in [0.2, 0.25) is 11.8 Å². The molecule has 4 nitrogen and oxygen atoms in total. The van der Waals surface area contributed by atoms with Crippen LogP contribution >= 0.6 is 15.9 Å². The van der Waals surface area contributed by atoms with E-state index in [0.29, 0.717) is 12.5 Å². The van der Waals surface area contributed by atoms with E-state index in [0.717, 1.165) is 5.69 Å². The second-order valence-electron chi connectivity index (χ2n) is 7.09. The Bertz CT molecular complexity index is 533. The zero-order chi connectivity index (χ0) is 17.6. The maximum atomic E-state index is 11.9. The Balaban J connectivity index is 2.39. The monoisotopic (exact) mass is 382 g/mol. The third-order valence-corrected chi connectivity index (χ3v) is 5.29. The highest BCUT2D eigenvalue weighted by atomic mass is 79.9. The Morgan fingerprint density at radius 2 is 1.70 bits per heavy atom. The fraction of sp³-hybridized carbons (Fsp3) is 0.556. The zero-order valence-corrected chi connectivity index (χ0v) is 16.2. The first-order chi connectivity index (χ1) is 10.6. The molecule has 1 aromatic rings. The van der Waals surface area contributed by atoms with Gasteiger partial charge in [0.05, 0.1) is 4.83 Å².